The van der Waals surface area contributed by atoms with Crippen molar-refractivity contribution in [2.24, 2.45) is 0 Å². The Balaban J connectivity index is 4.40. The lowest BCUT2D eigenvalue weighted by atomic mass is 10.3. The van der Waals surface area contributed by atoms with Crippen LogP contribution in [0.4, 0.5) is 17.6 Å². The Morgan fingerprint density at radius 3 is 2.00 bits per heavy atom. The Hall–Kier alpha value is -0.130. The second kappa shape index (κ2) is 5.09. The van der Waals surface area contributed by atoms with Crippen LogP contribution in [0.1, 0.15) is 6.42 Å². The average Bonchev–Trinajstić information content (AvgIpc) is 2.01. The first-order valence-electron chi connectivity index (χ1n) is 3.61. The predicted molar refractivity (Wildman–Crippen MR) is 42.1 cm³/mol. The van der Waals surface area contributed by atoms with Crippen molar-refractivity contribution in [1.82, 2.24) is 0 Å². The Kier molecular flexibility index (Phi) is 5.05. The molecule has 0 heterocycles. The van der Waals surface area contributed by atoms with E-state index in [9.17, 15) is 22.1 Å². The molecule has 8 heteroatoms. The van der Waals surface area contributed by atoms with E-state index in [0.29, 0.717) is 0 Å². The summed E-state index contributed by atoms with van der Waals surface area (Å²) in [4.78, 5) is 0. The van der Waals surface area contributed by atoms with Crippen LogP contribution in [0.3, 0.4) is 0 Å². The molecule has 0 atom stereocenters. The molecule has 0 rings (SSSR count). The topological polar surface area (TPSA) is 35.5 Å². The van der Waals surface area contributed by atoms with Crippen LogP contribution >= 0.6 is 7.60 Å². The van der Waals surface area contributed by atoms with Crippen molar-refractivity contribution >= 4 is 7.60 Å². The molecule has 0 radical (unpaired) electrons. The Labute approximate surface area is 78.9 Å². The molecular weight excluding hydrogens is 227 g/mol. The molecule has 0 unspecified atom stereocenters. The Morgan fingerprint density at radius 1 is 1.29 bits per heavy atom. The maximum Gasteiger partial charge on any atom is 0.336 e. The van der Waals surface area contributed by atoms with Gasteiger partial charge in [0.25, 0.3) is 5.92 Å². The lowest BCUT2D eigenvalue weighted by Gasteiger charge is -2.20. The third-order valence-corrected chi connectivity index (χ3v) is 3.40. The van der Waals surface area contributed by atoms with Gasteiger partial charge < -0.3 is 9.05 Å². The Morgan fingerprint density at radius 2 is 1.71 bits per heavy atom. The minimum absolute atomic E-state index is 0.919. The van der Waals surface area contributed by atoms with Crippen molar-refractivity contribution in [3.8, 4) is 0 Å². The lowest BCUT2D eigenvalue weighted by Crippen LogP contribution is -2.25. The van der Waals surface area contributed by atoms with Crippen molar-refractivity contribution in [2.75, 3.05) is 20.4 Å². The van der Waals surface area contributed by atoms with Gasteiger partial charge in [0.2, 0.25) is 6.43 Å². The Bertz CT molecular complexity index is 213. The van der Waals surface area contributed by atoms with E-state index in [1.807, 2.05) is 0 Å². The third-order valence-electron chi connectivity index (χ3n) is 1.43. The van der Waals surface area contributed by atoms with Gasteiger partial charge in [-0.3, -0.25) is 4.57 Å². The summed E-state index contributed by atoms with van der Waals surface area (Å²) in [6.07, 6.45) is -6.15. The molecule has 0 bridgehead atoms. The fourth-order valence-corrected chi connectivity index (χ4v) is 1.88. The van der Waals surface area contributed by atoms with Gasteiger partial charge in [-0.2, -0.15) is 0 Å². The van der Waals surface area contributed by atoms with Gasteiger partial charge in [0.05, 0.1) is 6.42 Å². The zero-order chi connectivity index (χ0) is 11.4. The van der Waals surface area contributed by atoms with E-state index in [1.54, 1.807) is 0 Å². The fraction of sp³-hybridized carbons (Fsp3) is 1.00. The van der Waals surface area contributed by atoms with E-state index in [0.717, 1.165) is 14.2 Å². The average molecular weight is 238 g/mol. The van der Waals surface area contributed by atoms with Crippen LogP contribution in [0.15, 0.2) is 0 Å². The van der Waals surface area contributed by atoms with Crippen LogP contribution in [-0.4, -0.2) is 32.7 Å². The van der Waals surface area contributed by atoms with Crippen LogP contribution in [-0.2, 0) is 13.6 Å². The summed E-state index contributed by atoms with van der Waals surface area (Å²) in [6.45, 7) is 0. The summed E-state index contributed by atoms with van der Waals surface area (Å²) >= 11 is 0. The van der Waals surface area contributed by atoms with Gasteiger partial charge in [-0.05, 0) is 0 Å². The van der Waals surface area contributed by atoms with Gasteiger partial charge in [0.15, 0.2) is 0 Å². The standard InChI is InChI=1S/C6H11F4O3P/c1-12-14(11,13-2)4-6(9,10)3-5(7)8/h5H,3-4H2,1-2H3. The molecule has 0 aliphatic rings. The molecular formula is C6H11F4O3P. The second-order valence-corrected chi connectivity index (χ2v) is 4.85. The summed E-state index contributed by atoms with van der Waals surface area (Å²) in [5.41, 5.74) is 0. The minimum atomic E-state index is -3.94. The van der Waals surface area contributed by atoms with Gasteiger partial charge in [0, 0.05) is 14.2 Å². The first-order valence-corrected chi connectivity index (χ1v) is 5.34. The molecule has 0 aromatic heterocycles. The SMILES string of the molecule is COP(=O)(CC(F)(F)CC(F)F)OC. The molecule has 0 aliphatic heterocycles. The molecule has 0 spiro atoms. The van der Waals surface area contributed by atoms with Crippen molar-refractivity contribution in [3.63, 3.8) is 0 Å². The fourth-order valence-electron chi connectivity index (χ4n) is 0.777. The molecule has 0 amide bonds. The smallest absolute Gasteiger partial charge is 0.312 e. The molecule has 0 saturated carbocycles. The van der Waals surface area contributed by atoms with Gasteiger partial charge in [0.1, 0.15) is 6.16 Å². The lowest BCUT2D eigenvalue weighted by molar-refractivity contribution is -0.0388. The van der Waals surface area contributed by atoms with Crippen LogP contribution in [0.25, 0.3) is 0 Å². The normalized spacial score (nSPS) is 13.6. The number of hydrogen-bond donors (Lipinski definition) is 0. The number of alkyl halides is 4. The highest BCUT2D eigenvalue weighted by atomic mass is 31.2. The van der Waals surface area contributed by atoms with Crippen LogP contribution in [0.2, 0.25) is 0 Å². The van der Waals surface area contributed by atoms with Crippen molar-refractivity contribution < 1.29 is 31.2 Å². The van der Waals surface area contributed by atoms with E-state index in [4.69, 9.17) is 0 Å². The van der Waals surface area contributed by atoms with Crippen molar-refractivity contribution in [2.45, 2.75) is 18.8 Å². The van der Waals surface area contributed by atoms with Gasteiger partial charge in [-0.15, -0.1) is 0 Å². The number of hydrogen-bond acceptors (Lipinski definition) is 3. The first kappa shape index (κ1) is 13.9. The maximum absolute atomic E-state index is 12.7. The van der Waals surface area contributed by atoms with E-state index >= 15 is 0 Å². The van der Waals surface area contributed by atoms with Gasteiger partial charge in [-0.1, -0.05) is 0 Å². The number of halogens is 4. The van der Waals surface area contributed by atoms with Crippen LogP contribution in [0, 0.1) is 0 Å². The van der Waals surface area contributed by atoms with Crippen molar-refractivity contribution in [1.29, 1.82) is 0 Å². The highest BCUT2D eigenvalue weighted by Crippen LogP contribution is 2.51. The zero-order valence-electron chi connectivity index (χ0n) is 7.68. The number of rotatable bonds is 6. The summed E-state index contributed by atoms with van der Waals surface area (Å²) in [5, 5.41) is 0. The predicted octanol–water partition coefficient (Wildman–Crippen LogP) is 2.76. The molecule has 0 aromatic carbocycles. The maximum atomic E-state index is 12.7. The largest absolute Gasteiger partial charge is 0.336 e. The molecule has 0 N–H and O–H groups in total. The van der Waals surface area contributed by atoms with Crippen molar-refractivity contribution in [3.05, 3.63) is 0 Å². The first-order chi connectivity index (χ1) is 6.24. The van der Waals surface area contributed by atoms with E-state index in [-0.39, 0.29) is 0 Å². The molecule has 0 saturated heterocycles. The zero-order valence-corrected chi connectivity index (χ0v) is 8.57. The molecule has 0 aromatic rings. The molecule has 0 aliphatic carbocycles. The third kappa shape index (κ3) is 4.93. The highest BCUT2D eigenvalue weighted by molar-refractivity contribution is 7.53. The molecule has 0 fully saturated rings. The molecule has 14 heavy (non-hydrogen) atoms. The monoisotopic (exact) mass is 238 g/mol. The molecule has 3 nitrogen and oxygen atoms in total. The van der Waals surface area contributed by atoms with Crippen LogP contribution < -0.4 is 0 Å². The van der Waals surface area contributed by atoms with Gasteiger partial charge >= 0.3 is 7.60 Å². The summed E-state index contributed by atoms with van der Waals surface area (Å²) in [6, 6.07) is 0. The summed E-state index contributed by atoms with van der Waals surface area (Å²) in [7, 11) is -2.10. The summed E-state index contributed by atoms with van der Waals surface area (Å²) < 4.78 is 68.4. The van der Waals surface area contributed by atoms with E-state index < -0.39 is 32.5 Å². The summed E-state index contributed by atoms with van der Waals surface area (Å²) in [5.74, 6) is -3.75. The van der Waals surface area contributed by atoms with Gasteiger partial charge in [-0.25, -0.2) is 17.6 Å². The second-order valence-electron chi connectivity index (χ2n) is 2.59. The minimum Gasteiger partial charge on any atom is -0.312 e. The van der Waals surface area contributed by atoms with Crippen LogP contribution in [0.5, 0.6) is 0 Å². The van der Waals surface area contributed by atoms with E-state index in [1.165, 1.54) is 0 Å². The molecule has 86 valence electrons. The quantitative estimate of drug-likeness (QED) is 0.527. The van der Waals surface area contributed by atoms with E-state index in [2.05, 4.69) is 9.05 Å². The highest BCUT2D eigenvalue weighted by Gasteiger charge is 2.42.